The summed E-state index contributed by atoms with van der Waals surface area (Å²) in [6.45, 7) is -1.42. The van der Waals surface area contributed by atoms with Gasteiger partial charge in [0.1, 0.15) is 0 Å². The first-order valence-electron chi connectivity index (χ1n) is 5.55. The molecule has 0 fully saturated rings. The highest BCUT2D eigenvalue weighted by molar-refractivity contribution is 9.10. The molecule has 2 heterocycles. The molecule has 2 rings (SSSR count). The first-order chi connectivity index (χ1) is 9.85. The number of ether oxygens (including phenoxy) is 1. The number of hydrogen-bond donors (Lipinski definition) is 1. The fourth-order valence-electron chi connectivity index (χ4n) is 1.35. The van der Waals surface area contributed by atoms with E-state index in [4.69, 9.17) is 4.42 Å². The molecular weight excluding hydrogens is 357 g/mol. The van der Waals surface area contributed by atoms with Gasteiger partial charge in [0.25, 0.3) is 5.91 Å². The molecule has 0 aliphatic rings. The van der Waals surface area contributed by atoms with Gasteiger partial charge in [-0.05, 0) is 28.1 Å². The van der Waals surface area contributed by atoms with E-state index in [1.165, 1.54) is 30.7 Å². The van der Waals surface area contributed by atoms with Gasteiger partial charge in [-0.25, -0.2) is 4.98 Å². The van der Waals surface area contributed by atoms with E-state index in [-0.39, 0.29) is 16.1 Å². The minimum absolute atomic E-state index is 0.185. The first kappa shape index (κ1) is 15.4. The number of hydrogen-bond acceptors (Lipinski definition) is 4. The van der Waals surface area contributed by atoms with Crippen molar-refractivity contribution in [2.24, 2.45) is 0 Å². The lowest BCUT2D eigenvalue weighted by atomic mass is 10.3. The van der Waals surface area contributed by atoms with Gasteiger partial charge in [0.15, 0.2) is 11.3 Å². The van der Waals surface area contributed by atoms with Crippen LogP contribution >= 0.6 is 15.9 Å². The number of carbonyl (C=O) groups excluding carboxylic acids is 1. The monoisotopic (exact) mass is 364 g/mol. The molecule has 2 aromatic rings. The molecule has 0 spiro atoms. The third kappa shape index (κ3) is 4.48. The van der Waals surface area contributed by atoms with Crippen LogP contribution in [0, 0.1) is 0 Å². The molecule has 1 N–H and O–H groups in total. The van der Waals surface area contributed by atoms with Crippen molar-refractivity contribution >= 4 is 27.5 Å². The minimum atomic E-state index is -4.43. The molecule has 0 aliphatic carbocycles. The number of nitrogens with zero attached hydrogens (tertiary/aromatic N) is 1. The third-order valence-electron chi connectivity index (χ3n) is 2.24. The summed E-state index contributed by atoms with van der Waals surface area (Å²) in [6, 6.07) is 4.07. The summed E-state index contributed by atoms with van der Waals surface area (Å²) in [5.74, 6) is -0.629. The van der Waals surface area contributed by atoms with Crippen LogP contribution in [0.1, 0.15) is 10.4 Å². The van der Waals surface area contributed by atoms with Crippen LogP contribution in [-0.4, -0.2) is 23.7 Å². The van der Waals surface area contributed by atoms with Crippen LogP contribution < -0.4 is 10.1 Å². The number of alkyl halides is 3. The van der Waals surface area contributed by atoms with Crippen molar-refractivity contribution in [1.29, 1.82) is 0 Å². The number of carbonyl (C=O) groups is 1. The molecule has 2 aromatic heterocycles. The maximum absolute atomic E-state index is 12.0. The quantitative estimate of drug-likeness (QED) is 0.899. The van der Waals surface area contributed by atoms with E-state index in [0.29, 0.717) is 5.69 Å². The fraction of sp³-hybridized carbons (Fsp3) is 0.167. The summed E-state index contributed by atoms with van der Waals surface area (Å²) >= 11 is 3.06. The van der Waals surface area contributed by atoms with Crippen LogP contribution in [0.15, 0.2) is 39.7 Å². The largest absolute Gasteiger partial charge is 0.468 e. The highest BCUT2D eigenvalue weighted by Gasteiger charge is 2.28. The maximum Gasteiger partial charge on any atom is 0.422 e. The Labute approximate surface area is 125 Å². The van der Waals surface area contributed by atoms with E-state index in [9.17, 15) is 18.0 Å². The smallest absolute Gasteiger partial charge is 0.422 e. The minimum Gasteiger partial charge on any atom is -0.468 e. The zero-order valence-corrected chi connectivity index (χ0v) is 11.9. The lowest BCUT2D eigenvalue weighted by molar-refractivity contribution is -0.154. The molecule has 112 valence electrons. The topological polar surface area (TPSA) is 64.4 Å². The van der Waals surface area contributed by atoms with Gasteiger partial charge in [0.05, 0.1) is 23.7 Å². The van der Waals surface area contributed by atoms with Crippen molar-refractivity contribution in [3.05, 3.63) is 40.9 Å². The fourth-order valence-corrected chi connectivity index (χ4v) is 1.77. The highest BCUT2D eigenvalue weighted by Crippen LogP contribution is 2.20. The van der Waals surface area contributed by atoms with Crippen molar-refractivity contribution in [2.45, 2.75) is 6.18 Å². The van der Waals surface area contributed by atoms with Crippen LogP contribution in [0.25, 0.3) is 0 Å². The molecule has 0 bridgehead atoms. The second kappa shape index (κ2) is 6.17. The van der Waals surface area contributed by atoms with Gasteiger partial charge in [-0.15, -0.1) is 0 Å². The molecule has 0 saturated heterocycles. The molecule has 0 unspecified atom stereocenters. The second-order valence-corrected chi connectivity index (χ2v) is 4.57. The summed E-state index contributed by atoms with van der Waals surface area (Å²) in [6.07, 6.45) is -1.90. The molecule has 0 aromatic carbocycles. The van der Waals surface area contributed by atoms with Crippen molar-refractivity contribution in [1.82, 2.24) is 4.98 Å². The van der Waals surface area contributed by atoms with Crippen molar-refractivity contribution in [2.75, 3.05) is 11.9 Å². The average molecular weight is 365 g/mol. The summed E-state index contributed by atoms with van der Waals surface area (Å²) in [5, 5.41) is 2.52. The first-order valence-corrected chi connectivity index (χ1v) is 6.34. The van der Waals surface area contributed by atoms with Gasteiger partial charge in [0, 0.05) is 6.07 Å². The maximum atomic E-state index is 12.0. The molecule has 0 aliphatic heterocycles. The Hall–Kier alpha value is -2.03. The Kier molecular flexibility index (Phi) is 4.51. The second-order valence-electron chi connectivity index (χ2n) is 3.85. The Morgan fingerprint density at radius 1 is 1.38 bits per heavy atom. The number of furan rings is 1. The zero-order chi connectivity index (χ0) is 15.5. The standard InChI is InChI=1S/C12H8BrF3N2O3/c13-10-8(3-4-20-10)11(19)18-7-1-2-9(17-5-7)21-6-12(14,15)16/h1-5H,6H2,(H,18,19). The van der Waals surface area contributed by atoms with Crippen molar-refractivity contribution in [3.63, 3.8) is 0 Å². The van der Waals surface area contributed by atoms with Gasteiger partial charge < -0.3 is 14.5 Å². The number of nitrogens with one attached hydrogen (secondary N) is 1. The summed E-state index contributed by atoms with van der Waals surface area (Å²) in [5.41, 5.74) is 0.597. The SMILES string of the molecule is O=C(Nc1ccc(OCC(F)(F)F)nc1)c1ccoc1Br. The van der Waals surface area contributed by atoms with Gasteiger partial charge >= 0.3 is 6.18 Å². The Morgan fingerprint density at radius 2 is 2.14 bits per heavy atom. The molecule has 0 radical (unpaired) electrons. The lowest BCUT2D eigenvalue weighted by Crippen LogP contribution is -2.19. The van der Waals surface area contributed by atoms with Crippen molar-refractivity contribution < 1.29 is 27.1 Å². The molecule has 9 heteroatoms. The van der Waals surface area contributed by atoms with Gasteiger partial charge in [-0.3, -0.25) is 4.79 Å². The number of halogens is 4. The number of pyridine rings is 1. The van der Waals surface area contributed by atoms with E-state index in [1.54, 1.807) is 0 Å². The predicted molar refractivity (Wildman–Crippen MR) is 70.1 cm³/mol. The van der Waals surface area contributed by atoms with Crippen LogP contribution in [0.5, 0.6) is 5.88 Å². The normalized spacial score (nSPS) is 11.2. The number of amides is 1. The summed E-state index contributed by atoms with van der Waals surface area (Å²) in [7, 11) is 0. The number of anilines is 1. The highest BCUT2D eigenvalue weighted by atomic mass is 79.9. The van der Waals surface area contributed by atoms with Crippen molar-refractivity contribution in [3.8, 4) is 5.88 Å². The van der Waals surface area contributed by atoms with Gasteiger partial charge in [-0.1, -0.05) is 0 Å². The van der Waals surface area contributed by atoms with E-state index in [0.717, 1.165) is 0 Å². The van der Waals surface area contributed by atoms with E-state index >= 15 is 0 Å². The predicted octanol–water partition coefficient (Wildman–Crippen LogP) is 3.63. The Balaban J connectivity index is 1.96. The van der Waals surface area contributed by atoms with Crippen LogP contribution in [0.2, 0.25) is 0 Å². The van der Waals surface area contributed by atoms with E-state index in [1.807, 2.05) is 0 Å². The molecule has 21 heavy (non-hydrogen) atoms. The zero-order valence-electron chi connectivity index (χ0n) is 10.3. The Bertz CT molecular complexity index is 625. The number of aromatic nitrogens is 1. The summed E-state index contributed by atoms with van der Waals surface area (Å²) < 4.78 is 45.5. The number of rotatable bonds is 4. The van der Waals surface area contributed by atoms with E-state index < -0.39 is 18.7 Å². The molecule has 5 nitrogen and oxygen atoms in total. The Morgan fingerprint density at radius 3 is 2.67 bits per heavy atom. The lowest BCUT2D eigenvalue weighted by Gasteiger charge is -2.09. The average Bonchev–Trinajstić information content (AvgIpc) is 2.83. The third-order valence-corrected chi connectivity index (χ3v) is 2.85. The molecule has 1 amide bonds. The van der Waals surface area contributed by atoms with E-state index in [2.05, 4.69) is 31.0 Å². The molecule has 0 saturated carbocycles. The van der Waals surface area contributed by atoms with Crippen LogP contribution in [-0.2, 0) is 0 Å². The summed E-state index contributed by atoms with van der Waals surface area (Å²) in [4.78, 5) is 15.5. The molecule has 0 atom stereocenters. The van der Waals surface area contributed by atoms with Crippen LogP contribution in [0.3, 0.4) is 0 Å². The van der Waals surface area contributed by atoms with Gasteiger partial charge in [0.2, 0.25) is 5.88 Å². The van der Waals surface area contributed by atoms with Crippen LogP contribution in [0.4, 0.5) is 18.9 Å². The van der Waals surface area contributed by atoms with Gasteiger partial charge in [-0.2, -0.15) is 13.2 Å². The molecular formula is C12H8BrF3N2O3.